The van der Waals surface area contributed by atoms with Crippen molar-refractivity contribution in [3.8, 4) is 0 Å². The fraction of sp³-hybridized carbons (Fsp3) is 0.957. The molecule has 142 valence electrons. The molecule has 0 aromatic rings. The first-order valence-corrected chi connectivity index (χ1v) is 11.2. The van der Waals surface area contributed by atoms with Crippen LogP contribution >= 0.6 is 0 Å². The van der Waals surface area contributed by atoms with Crippen LogP contribution in [0, 0.1) is 40.4 Å². The van der Waals surface area contributed by atoms with Crippen LogP contribution in [-0.2, 0) is 4.79 Å². The highest BCUT2D eigenvalue weighted by Crippen LogP contribution is 2.67. The zero-order valence-electron chi connectivity index (χ0n) is 16.9. The van der Waals surface area contributed by atoms with Crippen molar-refractivity contribution in [1.82, 2.24) is 5.32 Å². The molecule has 0 aliphatic heterocycles. The molecule has 2 heteroatoms. The number of carbonyl (C=O) groups excluding carboxylic acids is 1. The lowest BCUT2D eigenvalue weighted by atomic mass is 9.44. The first kappa shape index (κ1) is 17.9. The third-order valence-electron chi connectivity index (χ3n) is 9.76. The summed E-state index contributed by atoms with van der Waals surface area (Å²) in [6.07, 6.45) is 14.0. The SMILES string of the molecule is CC[C@H]1CC[C@H]2[C@@H]3CC[C@@H]4C[C@@H](NC(C)=O)CC[C@]4(C)[C@H]3CC[C@]12C. The lowest BCUT2D eigenvalue weighted by molar-refractivity contribution is -0.125. The van der Waals surface area contributed by atoms with Gasteiger partial charge in [-0.2, -0.15) is 0 Å². The van der Waals surface area contributed by atoms with Crippen molar-refractivity contribution in [2.75, 3.05) is 0 Å². The molecule has 0 saturated heterocycles. The van der Waals surface area contributed by atoms with Gasteiger partial charge in [-0.3, -0.25) is 4.79 Å². The second-order valence-corrected chi connectivity index (χ2v) is 10.6. The minimum absolute atomic E-state index is 0.160. The maximum Gasteiger partial charge on any atom is 0.217 e. The summed E-state index contributed by atoms with van der Waals surface area (Å²) in [4.78, 5) is 11.5. The average molecular weight is 346 g/mol. The number of carbonyl (C=O) groups is 1. The van der Waals surface area contributed by atoms with E-state index in [0.717, 1.165) is 29.6 Å². The first-order valence-electron chi connectivity index (χ1n) is 11.2. The molecule has 4 rings (SSSR count). The summed E-state index contributed by atoms with van der Waals surface area (Å²) in [5, 5.41) is 3.22. The third kappa shape index (κ3) is 2.69. The molecule has 1 amide bonds. The van der Waals surface area contributed by atoms with Crippen LogP contribution in [0.15, 0.2) is 0 Å². The fourth-order valence-corrected chi connectivity index (χ4v) is 8.46. The highest BCUT2D eigenvalue weighted by molar-refractivity contribution is 5.73. The molecule has 1 N–H and O–H groups in total. The molecule has 0 spiro atoms. The van der Waals surface area contributed by atoms with Crippen molar-refractivity contribution in [1.29, 1.82) is 0 Å². The molecule has 4 aliphatic carbocycles. The van der Waals surface area contributed by atoms with Gasteiger partial charge in [-0.25, -0.2) is 0 Å². The fourth-order valence-electron chi connectivity index (χ4n) is 8.46. The van der Waals surface area contributed by atoms with Crippen LogP contribution in [0.1, 0.15) is 91.9 Å². The molecule has 0 aromatic carbocycles. The van der Waals surface area contributed by atoms with Crippen molar-refractivity contribution >= 4 is 5.91 Å². The smallest absolute Gasteiger partial charge is 0.217 e. The highest BCUT2D eigenvalue weighted by atomic mass is 16.1. The molecular formula is C23H39NO. The van der Waals surface area contributed by atoms with Gasteiger partial charge in [-0.1, -0.05) is 27.2 Å². The Hall–Kier alpha value is -0.530. The van der Waals surface area contributed by atoms with Gasteiger partial charge in [-0.05, 0) is 98.2 Å². The number of fused-ring (bicyclic) bond motifs is 5. The Labute approximate surface area is 154 Å². The van der Waals surface area contributed by atoms with E-state index in [2.05, 4.69) is 26.1 Å². The lowest BCUT2D eigenvalue weighted by Crippen LogP contribution is -2.55. The summed E-state index contributed by atoms with van der Waals surface area (Å²) >= 11 is 0. The number of rotatable bonds is 2. The summed E-state index contributed by atoms with van der Waals surface area (Å²) in [5.41, 5.74) is 1.19. The molecule has 0 aromatic heterocycles. The van der Waals surface area contributed by atoms with Crippen molar-refractivity contribution in [2.45, 2.75) is 97.9 Å². The zero-order valence-corrected chi connectivity index (χ0v) is 16.9. The third-order valence-corrected chi connectivity index (χ3v) is 9.76. The zero-order chi connectivity index (χ0) is 17.8. The number of hydrogen-bond acceptors (Lipinski definition) is 1. The molecule has 4 saturated carbocycles. The Morgan fingerprint density at radius 3 is 2.40 bits per heavy atom. The Morgan fingerprint density at radius 2 is 1.68 bits per heavy atom. The summed E-state index contributed by atoms with van der Waals surface area (Å²) in [7, 11) is 0. The quantitative estimate of drug-likeness (QED) is 0.697. The monoisotopic (exact) mass is 345 g/mol. The molecule has 0 heterocycles. The van der Waals surface area contributed by atoms with E-state index in [1.165, 1.54) is 64.2 Å². The minimum atomic E-state index is 0.160. The van der Waals surface area contributed by atoms with Gasteiger partial charge in [0, 0.05) is 13.0 Å². The van der Waals surface area contributed by atoms with Crippen molar-refractivity contribution < 1.29 is 4.79 Å². The lowest BCUT2D eigenvalue weighted by Gasteiger charge is -2.61. The van der Waals surface area contributed by atoms with E-state index in [-0.39, 0.29) is 5.91 Å². The minimum Gasteiger partial charge on any atom is -0.354 e. The van der Waals surface area contributed by atoms with Gasteiger partial charge in [0.1, 0.15) is 0 Å². The van der Waals surface area contributed by atoms with E-state index in [0.29, 0.717) is 16.9 Å². The standard InChI is InChI=1S/C23H39NO/c1-5-16-7-9-20-19-8-6-17-14-18(24-15(2)25)10-12-23(17,4)21(19)11-13-22(16,20)3/h16-21H,5-14H2,1-4H3,(H,24,25)/t16-,17+,18-,19-,20-,21-,22+,23-/m0/s1. The van der Waals surface area contributed by atoms with Crippen molar-refractivity contribution in [3.05, 3.63) is 0 Å². The van der Waals surface area contributed by atoms with Crippen molar-refractivity contribution in [3.63, 3.8) is 0 Å². The predicted octanol–water partition coefficient (Wildman–Crippen LogP) is 5.56. The molecule has 0 unspecified atom stereocenters. The normalized spacial score (nSPS) is 52.0. The predicted molar refractivity (Wildman–Crippen MR) is 103 cm³/mol. The Kier molecular flexibility index (Phi) is 4.48. The molecule has 8 atom stereocenters. The van der Waals surface area contributed by atoms with Crippen LogP contribution in [0.4, 0.5) is 0 Å². The summed E-state index contributed by atoms with van der Waals surface area (Å²) in [6.45, 7) is 9.38. The van der Waals surface area contributed by atoms with E-state index < -0.39 is 0 Å². The second kappa shape index (κ2) is 6.27. The summed E-state index contributed by atoms with van der Waals surface area (Å²) in [5.74, 6) is 4.94. The Balaban J connectivity index is 1.53. The van der Waals surface area contributed by atoms with Gasteiger partial charge in [0.25, 0.3) is 0 Å². The number of hydrogen-bond donors (Lipinski definition) is 1. The van der Waals surface area contributed by atoms with Gasteiger partial charge in [0.05, 0.1) is 0 Å². The topological polar surface area (TPSA) is 29.1 Å². The molecular weight excluding hydrogens is 306 g/mol. The molecule has 0 bridgehead atoms. The molecule has 4 aliphatic rings. The number of nitrogens with one attached hydrogen (secondary N) is 1. The van der Waals surface area contributed by atoms with Gasteiger partial charge < -0.3 is 5.32 Å². The van der Waals surface area contributed by atoms with E-state index in [4.69, 9.17) is 0 Å². The largest absolute Gasteiger partial charge is 0.354 e. The van der Waals surface area contributed by atoms with Gasteiger partial charge in [0.2, 0.25) is 5.91 Å². The Morgan fingerprint density at radius 1 is 0.960 bits per heavy atom. The summed E-state index contributed by atoms with van der Waals surface area (Å²) in [6, 6.07) is 0.442. The summed E-state index contributed by atoms with van der Waals surface area (Å²) < 4.78 is 0. The van der Waals surface area contributed by atoms with Crippen LogP contribution in [0.5, 0.6) is 0 Å². The average Bonchev–Trinajstić information content (AvgIpc) is 2.91. The van der Waals surface area contributed by atoms with Gasteiger partial charge in [-0.15, -0.1) is 0 Å². The van der Waals surface area contributed by atoms with E-state index in [9.17, 15) is 4.79 Å². The highest BCUT2D eigenvalue weighted by Gasteiger charge is 2.59. The van der Waals surface area contributed by atoms with Crippen LogP contribution in [0.25, 0.3) is 0 Å². The van der Waals surface area contributed by atoms with Gasteiger partial charge in [0.15, 0.2) is 0 Å². The van der Waals surface area contributed by atoms with Gasteiger partial charge >= 0.3 is 0 Å². The number of amides is 1. The molecule has 25 heavy (non-hydrogen) atoms. The molecule has 4 fully saturated rings. The van der Waals surface area contributed by atoms with E-state index in [1.807, 2.05) is 0 Å². The van der Waals surface area contributed by atoms with Crippen molar-refractivity contribution in [2.24, 2.45) is 40.4 Å². The maximum absolute atomic E-state index is 11.5. The van der Waals surface area contributed by atoms with E-state index >= 15 is 0 Å². The molecule has 0 radical (unpaired) electrons. The second-order valence-electron chi connectivity index (χ2n) is 10.6. The van der Waals surface area contributed by atoms with Crippen LogP contribution in [0.2, 0.25) is 0 Å². The van der Waals surface area contributed by atoms with E-state index in [1.54, 1.807) is 6.92 Å². The first-order chi connectivity index (χ1) is 11.9. The van der Waals surface area contributed by atoms with Crippen LogP contribution in [0.3, 0.4) is 0 Å². The van der Waals surface area contributed by atoms with Crippen LogP contribution in [-0.4, -0.2) is 11.9 Å². The molecule has 2 nitrogen and oxygen atoms in total. The maximum atomic E-state index is 11.5. The van der Waals surface area contributed by atoms with Crippen LogP contribution < -0.4 is 5.32 Å². The Bertz CT molecular complexity index is 530.